The van der Waals surface area contributed by atoms with E-state index in [4.69, 9.17) is 14.2 Å². The molecule has 0 aromatic heterocycles. The molecule has 0 aliphatic heterocycles. The number of benzene rings is 3. The standard InChI is InChI=1S/C25H25N3O7/c1-3-33-22-15-21(27-25(30)17-8-6-5-7-9-17)23(34-4-2)14-20(22)26-24(29)16-35-19-12-10-18(11-13-19)28(31)32/h5-15H,3-4,16H2,1-2H3,(H,26,29)(H,27,30). The Labute approximate surface area is 202 Å². The third-order valence-electron chi connectivity index (χ3n) is 4.66. The summed E-state index contributed by atoms with van der Waals surface area (Å²) in [7, 11) is 0. The second-order valence-electron chi connectivity index (χ2n) is 7.12. The van der Waals surface area contributed by atoms with E-state index in [-0.39, 0.29) is 18.2 Å². The summed E-state index contributed by atoms with van der Waals surface area (Å²) in [4.78, 5) is 35.4. The Morgan fingerprint density at radius 1 is 0.829 bits per heavy atom. The van der Waals surface area contributed by atoms with Gasteiger partial charge in [0, 0.05) is 29.8 Å². The minimum Gasteiger partial charge on any atom is -0.492 e. The first kappa shape index (κ1) is 25.0. The predicted molar refractivity (Wildman–Crippen MR) is 130 cm³/mol. The van der Waals surface area contributed by atoms with Crippen LogP contribution in [-0.2, 0) is 4.79 Å². The number of nitro groups is 1. The summed E-state index contributed by atoms with van der Waals surface area (Å²) in [5.41, 5.74) is 1.13. The number of nitrogens with one attached hydrogen (secondary N) is 2. The van der Waals surface area contributed by atoms with E-state index in [1.165, 1.54) is 24.3 Å². The van der Waals surface area contributed by atoms with Gasteiger partial charge in [0.1, 0.15) is 17.2 Å². The lowest BCUT2D eigenvalue weighted by atomic mass is 10.2. The molecule has 0 heterocycles. The second-order valence-corrected chi connectivity index (χ2v) is 7.12. The van der Waals surface area contributed by atoms with Crippen LogP contribution in [0.2, 0.25) is 0 Å². The van der Waals surface area contributed by atoms with Crippen LogP contribution in [0, 0.1) is 10.1 Å². The van der Waals surface area contributed by atoms with Crippen LogP contribution in [0.3, 0.4) is 0 Å². The Morgan fingerprint density at radius 2 is 1.40 bits per heavy atom. The van der Waals surface area contributed by atoms with E-state index in [0.717, 1.165) is 0 Å². The van der Waals surface area contributed by atoms with E-state index in [2.05, 4.69) is 10.6 Å². The van der Waals surface area contributed by atoms with Gasteiger partial charge in [-0.25, -0.2) is 0 Å². The van der Waals surface area contributed by atoms with Gasteiger partial charge in [0.2, 0.25) is 0 Å². The van der Waals surface area contributed by atoms with Gasteiger partial charge in [0.25, 0.3) is 17.5 Å². The van der Waals surface area contributed by atoms with Crippen molar-refractivity contribution in [3.8, 4) is 17.2 Å². The average molecular weight is 479 g/mol. The van der Waals surface area contributed by atoms with Gasteiger partial charge >= 0.3 is 0 Å². The summed E-state index contributed by atoms with van der Waals surface area (Å²) < 4.78 is 16.8. The second kappa shape index (κ2) is 12.0. The van der Waals surface area contributed by atoms with Gasteiger partial charge in [0.05, 0.1) is 29.5 Å². The highest BCUT2D eigenvalue weighted by molar-refractivity contribution is 6.05. The average Bonchev–Trinajstić information content (AvgIpc) is 2.86. The van der Waals surface area contributed by atoms with E-state index < -0.39 is 10.8 Å². The van der Waals surface area contributed by atoms with Crippen molar-refractivity contribution in [1.82, 2.24) is 0 Å². The molecule has 3 aromatic rings. The van der Waals surface area contributed by atoms with Crippen molar-refractivity contribution in [2.75, 3.05) is 30.5 Å². The first-order valence-corrected chi connectivity index (χ1v) is 10.9. The van der Waals surface area contributed by atoms with Gasteiger partial charge in [-0.15, -0.1) is 0 Å². The summed E-state index contributed by atoms with van der Waals surface area (Å²) in [6.07, 6.45) is 0. The highest BCUT2D eigenvalue weighted by Gasteiger charge is 2.17. The van der Waals surface area contributed by atoms with Crippen molar-refractivity contribution in [3.63, 3.8) is 0 Å². The van der Waals surface area contributed by atoms with Crippen LogP contribution in [0.25, 0.3) is 0 Å². The van der Waals surface area contributed by atoms with Crippen molar-refractivity contribution in [3.05, 3.63) is 82.4 Å². The van der Waals surface area contributed by atoms with Gasteiger partial charge in [-0.2, -0.15) is 0 Å². The number of anilines is 2. The van der Waals surface area contributed by atoms with Crippen LogP contribution < -0.4 is 24.8 Å². The molecule has 10 heteroatoms. The molecule has 2 N–H and O–H groups in total. The molecule has 0 aliphatic rings. The molecule has 35 heavy (non-hydrogen) atoms. The zero-order chi connectivity index (χ0) is 25.2. The maximum absolute atomic E-state index is 12.6. The molecule has 0 spiro atoms. The van der Waals surface area contributed by atoms with Crippen LogP contribution in [0.4, 0.5) is 17.1 Å². The summed E-state index contributed by atoms with van der Waals surface area (Å²) >= 11 is 0. The van der Waals surface area contributed by atoms with E-state index in [9.17, 15) is 19.7 Å². The molecule has 0 fully saturated rings. The van der Waals surface area contributed by atoms with Crippen LogP contribution in [-0.4, -0.2) is 36.6 Å². The number of carbonyl (C=O) groups excluding carboxylic acids is 2. The fourth-order valence-electron chi connectivity index (χ4n) is 3.09. The molecule has 3 aromatic carbocycles. The number of ether oxygens (including phenoxy) is 3. The molecule has 182 valence electrons. The highest BCUT2D eigenvalue weighted by atomic mass is 16.6. The number of nitrogens with zero attached hydrogens (tertiary/aromatic N) is 1. The van der Waals surface area contributed by atoms with Gasteiger partial charge in [-0.3, -0.25) is 19.7 Å². The molecule has 3 rings (SSSR count). The normalized spacial score (nSPS) is 10.2. The smallest absolute Gasteiger partial charge is 0.269 e. The van der Waals surface area contributed by atoms with Gasteiger partial charge in [0.15, 0.2) is 6.61 Å². The van der Waals surface area contributed by atoms with E-state index in [1.54, 1.807) is 50.2 Å². The number of carbonyl (C=O) groups is 2. The van der Waals surface area contributed by atoms with Crippen molar-refractivity contribution < 1.29 is 28.7 Å². The molecule has 0 aliphatic carbocycles. The zero-order valence-electron chi connectivity index (χ0n) is 19.3. The van der Waals surface area contributed by atoms with Crippen molar-refractivity contribution in [2.45, 2.75) is 13.8 Å². The molecule has 10 nitrogen and oxygen atoms in total. The molecular formula is C25H25N3O7. The summed E-state index contributed by atoms with van der Waals surface area (Å²) in [6, 6.07) is 17.3. The Balaban J connectivity index is 1.76. The number of amides is 2. The molecule has 0 saturated heterocycles. The SMILES string of the molecule is CCOc1cc(NC(=O)c2ccccc2)c(OCC)cc1NC(=O)COc1ccc([N+](=O)[O-])cc1. The Bertz CT molecular complexity index is 1180. The number of hydrogen-bond donors (Lipinski definition) is 2. The van der Waals surface area contributed by atoms with E-state index in [0.29, 0.717) is 47.4 Å². The van der Waals surface area contributed by atoms with E-state index >= 15 is 0 Å². The van der Waals surface area contributed by atoms with Crippen molar-refractivity contribution in [2.24, 2.45) is 0 Å². The van der Waals surface area contributed by atoms with Crippen LogP contribution in [0.15, 0.2) is 66.7 Å². The summed E-state index contributed by atoms with van der Waals surface area (Å²) in [5, 5.41) is 16.3. The lowest BCUT2D eigenvalue weighted by molar-refractivity contribution is -0.384. The number of nitro benzene ring substituents is 1. The minimum absolute atomic E-state index is 0.0777. The Kier molecular flexibility index (Phi) is 8.60. The fraction of sp³-hybridized carbons (Fsp3) is 0.200. The van der Waals surface area contributed by atoms with Crippen molar-refractivity contribution in [1.29, 1.82) is 0 Å². The topological polar surface area (TPSA) is 129 Å². The molecular weight excluding hydrogens is 454 g/mol. The lowest BCUT2D eigenvalue weighted by Gasteiger charge is -2.18. The lowest BCUT2D eigenvalue weighted by Crippen LogP contribution is -2.21. The number of hydrogen-bond acceptors (Lipinski definition) is 7. The van der Waals surface area contributed by atoms with Gasteiger partial charge < -0.3 is 24.8 Å². The third-order valence-corrected chi connectivity index (χ3v) is 4.66. The molecule has 2 amide bonds. The first-order valence-electron chi connectivity index (χ1n) is 10.9. The maximum atomic E-state index is 12.6. The van der Waals surface area contributed by atoms with Crippen LogP contribution in [0.1, 0.15) is 24.2 Å². The number of non-ortho nitro benzene ring substituents is 1. The monoisotopic (exact) mass is 479 g/mol. The van der Waals surface area contributed by atoms with Crippen LogP contribution >= 0.6 is 0 Å². The third kappa shape index (κ3) is 6.94. The quantitative estimate of drug-likeness (QED) is 0.302. The number of rotatable bonds is 11. The zero-order valence-corrected chi connectivity index (χ0v) is 19.3. The largest absolute Gasteiger partial charge is 0.492 e. The predicted octanol–water partition coefficient (Wildman–Crippen LogP) is 4.66. The van der Waals surface area contributed by atoms with Gasteiger partial charge in [-0.1, -0.05) is 18.2 Å². The minimum atomic E-state index is -0.520. The molecule has 0 atom stereocenters. The van der Waals surface area contributed by atoms with Crippen LogP contribution in [0.5, 0.6) is 17.2 Å². The molecule has 0 unspecified atom stereocenters. The van der Waals surface area contributed by atoms with Crippen molar-refractivity contribution >= 4 is 28.9 Å². The molecule has 0 bridgehead atoms. The fourth-order valence-corrected chi connectivity index (χ4v) is 3.09. The Morgan fingerprint density at radius 3 is 1.94 bits per heavy atom. The highest BCUT2D eigenvalue weighted by Crippen LogP contribution is 2.37. The van der Waals surface area contributed by atoms with Gasteiger partial charge in [-0.05, 0) is 38.1 Å². The first-order chi connectivity index (χ1) is 16.9. The Hall–Kier alpha value is -4.60. The maximum Gasteiger partial charge on any atom is 0.269 e. The summed E-state index contributed by atoms with van der Waals surface area (Å²) in [6.45, 7) is 3.92. The molecule has 0 saturated carbocycles. The molecule has 0 radical (unpaired) electrons. The summed E-state index contributed by atoms with van der Waals surface area (Å²) in [5.74, 6) is 0.203. The van der Waals surface area contributed by atoms with E-state index in [1.807, 2.05) is 6.07 Å².